The van der Waals surface area contributed by atoms with Crippen LogP contribution in [-0.2, 0) is 6.42 Å². The molecule has 0 bridgehead atoms. The predicted molar refractivity (Wildman–Crippen MR) is 74.9 cm³/mol. The van der Waals surface area contributed by atoms with E-state index in [0.29, 0.717) is 6.04 Å². The third-order valence-corrected chi connectivity index (χ3v) is 2.82. The van der Waals surface area contributed by atoms with Crippen LogP contribution in [0.25, 0.3) is 0 Å². The first kappa shape index (κ1) is 13.5. The van der Waals surface area contributed by atoms with E-state index in [9.17, 15) is 0 Å². The SMILES string of the molecule is C=C(Br)CNC(CCC)Cc1ccccc1. The van der Waals surface area contributed by atoms with Crippen LogP contribution in [0.5, 0.6) is 0 Å². The summed E-state index contributed by atoms with van der Waals surface area (Å²) in [6.07, 6.45) is 3.50. The van der Waals surface area contributed by atoms with Gasteiger partial charge in [-0.25, -0.2) is 0 Å². The van der Waals surface area contributed by atoms with Crippen molar-refractivity contribution in [1.29, 1.82) is 0 Å². The minimum atomic E-state index is 0.543. The number of benzene rings is 1. The number of halogens is 1. The molecular weight excluding hydrogens is 262 g/mol. The van der Waals surface area contributed by atoms with E-state index in [-0.39, 0.29) is 0 Å². The van der Waals surface area contributed by atoms with Crippen LogP contribution < -0.4 is 5.32 Å². The molecule has 1 atom stereocenters. The van der Waals surface area contributed by atoms with Crippen molar-refractivity contribution in [3.63, 3.8) is 0 Å². The molecule has 1 N–H and O–H groups in total. The highest BCUT2D eigenvalue weighted by atomic mass is 79.9. The second-order valence-corrected chi connectivity index (χ2v) is 5.19. The van der Waals surface area contributed by atoms with Crippen LogP contribution in [0.2, 0.25) is 0 Å². The molecular formula is C14H20BrN. The lowest BCUT2D eigenvalue weighted by atomic mass is 10.0. The van der Waals surface area contributed by atoms with E-state index in [1.807, 2.05) is 0 Å². The molecule has 1 nitrogen and oxygen atoms in total. The molecule has 1 aromatic rings. The van der Waals surface area contributed by atoms with Gasteiger partial charge in [-0.3, -0.25) is 0 Å². The van der Waals surface area contributed by atoms with E-state index in [1.54, 1.807) is 0 Å². The molecule has 0 amide bonds. The Kier molecular flexibility index (Phi) is 6.43. The fourth-order valence-electron chi connectivity index (χ4n) is 1.78. The first-order valence-electron chi connectivity index (χ1n) is 5.83. The number of rotatable bonds is 7. The largest absolute Gasteiger partial charge is 0.309 e. The van der Waals surface area contributed by atoms with Gasteiger partial charge in [0.05, 0.1) is 0 Å². The van der Waals surface area contributed by atoms with Crippen LogP contribution in [-0.4, -0.2) is 12.6 Å². The molecule has 0 aliphatic heterocycles. The number of hydrogen-bond donors (Lipinski definition) is 1. The molecule has 0 saturated carbocycles. The summed E-state index contributed by atoms with van der Waals surface area (Å²) in [6, 6.07) is 11.2. The van der Waals surface area contributed by atoms with Gasteiger partial charge in [-0.1, -0.05) is 66.2 Å². The monoisotopic (exact) mass is 281 g/mol. The van der Waals surface area contributed by atoms with Gasteiger partial charge in [-0.05, 0) is 18.4 Å². The second kappa shape index (κ2) is 7.64. The highest BCUT2D eigenvalue weighted by molar-refractivity contribution is 9.11. The van der Waals surface area contributed by atoms with Crippen molar-refractivity contribution in [2.45, 2.75) is 32.2 Å². The maximum Gasteiger partial charge on any atom is 0.0268 e. The second-order valence-electron chi connectivity index (χ2n) is 4.07. The topological polar surface area (TPSA) is 12.0 Å². The fourth-order valence-corrected chi connectivity index (χ4v) is 1.94. The van der Waals surface area contributed by atoms with E-state index in [1.165, 1.54) is 18.4 Å². The first-order chi connectivity index (χ1) is 7.72. The minimum absolute atomic E-state index is 0.543. The Balaban J connectivity index is 2.47. The third kappa shape index (κ3) is 5.47. The van der Waals surface area contributed by atoms with Gasteiger partial charge in [0.15, 0.2) is 0 Å². The van der Waals surface area contributed by atoms with Crippen LogP contribution in [0.4, 0.5) is 0 Å². The molecule has 16 heavy (non-hydrogen) atoms. The standard InChI is InChI=1S/C14H20BrN/c1-3-7-14(16-11-12(2)15)10-13-8-5-4-6-9-13/h4-6,8-9,14,16H,2-3,7,10-11H2,1H3. The lowest BCUT2D eigenvalue weighted by Crippen LogP contribution is -2.31. The van der Waals surface area contributed by atoms with E-state index in [0.717, 1.165) is 17.4 Å². The molecule has 0 saturated heterocycles. The van der Waals surface area contributed by atoms with Crippen molar-refractivity contribution in [2.24, 2.45) is 0 Å². The summed E-state index contributed by atoms with van der Waals surface area (Å²) in [5.41, 5.74) is 1.40. The van der Waals surface area contributed by atoms with E-state index < -0.39 is 0 Å². The van der Waals surface area contributed by atoms with Crippen LogP contribution >= 0.6 is 15.9 Å². The lowest BCUT2D eigenvalue weighted by Gasteiger charge is -2.18. The molecule has 0 spiro atoms. The van der Waals surface area contributed by atoms with E-state index in [2.05, 4.69) is 65.1 Å². The molecule has 88 valence electrons. The van der Waals surface area contributed by atoms with Crippen molar-refractivity contribution in [1.82, 2.24) is 5.32 Å². The predicted octanol–water partition coefficient (Wildman–Crippen LogP) is 3.90. The molecule has 0 aliphatic carbocycles. The van der Waals surface area contributed by atoms with Crippen molar-refractivity contribution >= 4 is 15.9 Å². The summed E-state index contributed by atoms with van der Waals surface area (Å²) >= 11 is 3.38. The van der Waals surface area contributed by atoms with Gasteiger partial charge in [0, 0.05) is 17.1 Å². The quantitative estimate of drug-likeness (QED) is 0.800. The molecule has 1 unspecified atom stereocenters. The van der Waals surface area contributed by atoms with Gasteiger partial charge >= 0.3 is 0 Å². The molecule has 0 radical (unpaired) electrons. The Labute approximate surface area is 107 Å². The van der Waals surface area contributed by atoms with Crippen molar-refractivity contribution < 1.29 is 0 Å². The summed E-state index contributed by atoms with van der Waals surface area (Å²) < 4.78 is 1.02. The van der Waals surface area contributed by atoms with Crippen LogP contribution in [0, 0.1) is 0 Å². The maximum absolute atomic E-state index is 3.85. The smallest absolute Gasteiger partial charge is 0.0268 e. The number of nitrogens with one attached hydrogen (secondary N) is 1. The fraction of sp³-hybridized carbons (Fsp3) is 0.429. The lowest BCUT2D eigenvalue weighted by molar-refractivity contribution is 0.495. The summed E-state index contributed by atoms with van der Waals surface area (Å²) in [7, 11) is 0. The summed E-state index contributed by atoms with van der Waals surface area (Å²) in [5.74, 6) is 0. The average molecular weight is 282 g/mol. The van der Waals surface area contributed by atoms with E-state index >= 15 is 0 Å². The van der Waals surface area contributed by atoms with E-state index in [4.69, 9.17) is 0 Å². The molecule has 1 aromatic carbocycles. The molecule has 1 rings (SSSR count). The van der Waals surface area contributed by atoms with Gasteiger partial charge in [0.1, 0.15) is 0 Å². The Morgan fingerprint density at radius 3 is 2.62 bits per heavy atom. The first-order valence-corrected chi connectivity index (χ1v) is 6.62. The summed E-state index contributed by atoms with van der Waals surface area (Å²) in [4.78, 5) is 0. The van der Waals surface area contributed by atoms with Crippen molar-refractivity contribution in [3.8, 4) is 0 Å². The molecule has 0 heterocycles. The van der Waals surface area contributed by atoms with Crippen molar-refractivity contribution in [2.75, 3.05) is 6.54 Å². The van der Waals surface area contributed by atoms with Crippen LogP contribution in [0.3, 0.4) is 0 Å². The zero-order chi connectivity index (χ0) is 11.8. The van der Waals surface area contributed by atoms with Gasteiger partial charge < -0.3 is 5.32 Å². The Hall–Kier alpha value is -0.600. The Morgan fingerprint density at radius 2 is 2.06 bits per heavy atom. The Morgan fingerprint density at radius 1 is 1.38 bits per heavy atom. The Bertz CT molecular complexity index is 308. The zero-order valence-electron chi connectivity index (χ0n) is 9.88. The van der Waals surface area contributed by atoms with Crippen LogP contribution in [0.15, 0.2) is 41.4 Å². The summed E-state index contributed by atoms with van der Waals surface area (Å²) in [5, 5.41) is 3.52. The highest BCUT2D eigenvalue weighted by Gasteiger charge is 2.07. The average Bonchev–Trinajstić information content (AvgIpc) is 2.27. The summed E-state index contributed by atoms with van der Waals surface area (Å²) in [6.45, 7) is 6.92. The van der Waals surface area contributed by atoms with Gasteiger partial charge in [-0.15, -0.1) is 0 Å². The molecule has 0 aromatic heterocycles. The maximum atomic E-state index is 3.85. The third-order valence-electron chi connectivity index (χ3n) is 2.54. The normalized spacial score (nSPS) is 12.4. The molecule has 2 heteroatoms. The van der Waals surface area contributed by atoms with Gasteiger partial charge in [0.25, 0.3) is 0 Å². The molecule has 0 fully saturated rings. The van der Waals surface area contributed by atoms with Gasteiger partial charge in [0.2, 0.25) is 0 Å². The highest BCUT2D eigenvalue weighted by Crippen LogP contribution is 2.08. The van der Waals surface area contributed by atoms with Crippen LogP contribution in [0.1, 0.15) is 25.3 Å². The van der Waals surface area contributed by atoms with Crippen molar-refractivity contribution in [3.05, 3.63) is 47.0 Å². The minimum Gasteiger partial charge on any atom is -0.309 e. The molecule has 0 aliphatic rings. The number of hydrogen-bond acceptors (Lipinski definition) is 1. The zero-order valence-corrected chi connectivity index (χ0v) is 11.5. The van der Waals surface area contributed by atoms with Gasteiger partial charge in [-0.2, -0.15) is 0 Å².